The van der Waals surface area contributed by atoms with Crippen molar-refractivity contribution in [1.82, 2.24) is 0 Å². The molecule has 1 aliphatic heterocycles. The Kier molecular flexibility index (Phi) is 4.46. The first-order valence-electron chi connectivity index (χ1n) is 7.34. The quantitative estimate of drug-likeness (QED) is 0.725. The molecule has 2 fully saturated rings. The molecule has 2 aliphatic rings. The monoisotopic (exact) mass is 278 g/mol. The molecule has 1 aromatic carbocycles. The molecule has 1 saturated heterocycles. The summed E-state index contributed by atoms with van der Waals surface area (Å²) < 4.78 is 11.9. The highest BCUT2D eigenvalue weighted by Crippen LogP contribution is 2.45. The van der Waals surface area contributed by atoms with E-state index in [2.05, 4.69) is 30.3 Å². The van der Waals surface area contributed by atoms with Crippen LogP contribution in [0.4, 0.5) is 0 Å². The Morgan fingerprint density at radius 1 is 1.21 bits per heavy atom. The van der Waals surface area contributed by atoms with Gasteiger partial charge in [0.25, 0.3) is 0 Å². The highest BCUT2D eigenvalue weighted by Gasteiger charge is 2.45. The van der Waals surface area contributed by atoms with Gasteiger partial charge in [-0.05, 0) is 50.7 Å². The molecule has 1 heterocycles. The van der Waals surface area contributed by atoms with Crippen LogP contribution in [0.1, 0.15) is 38.5 Å². The summed E-state index contributed by atoms with van der Waals surface area (Å²) in [6.07, 6.45) is 7.15. The van der Waals surface area contributed by atoms with E-state index in [1.807, 2.05) is 11.8 Å². The van der Waals surface area contributed by atoms with Crippen molar-refractivity contribution in [2.75, 3.05) is 12.4 Å². The first-order chi connectivity index (χ1) is 9.36. The minimum atomic E-state index is 0.0676. The maximum absolute atomic E-state index is 6.19. The summed E-state index contributed by atoms with van der Waals surface area (Å²) in [5.74, 6) is 1.14. The van der Waals surface area contributed by atoms with E-state index in [0.717, 1.165) is 25.2 Å². The second kappa shape index (κ2) is 6.29. The second-order valence-corrected chi connectivity index (χ2v) is 6.68. The second-order valence-electron chi connectivity index (χ2n) is 5.51. The van der Waals surface area contributed by atoms with E-state index in [9.17, 15) is 0 Å². The smallest absolute Gasteiger partial charge is 0.158 e. The average molecular weight is 278 g/mol. The van der Waals surface area contributed by atoms with Gasteiger partial charge in [0.1, 0.15) is 0 Å². The molecule has 19 heavy (non-hydrogen) atoms. The Balaban J connectivity index is 1.41. The van der Waals surface area contributed by atoms with E-state index in [1.54, 1.807) is 0 Å². The molecule has 0 bridgehead atoms. The van der Waals surface area contributed by atoms with Crippen molar-refractivity contribution >= 4 is 11.8 Å². The molecule has 0 amide bonds. The largest absolute Gasteiger partial charge is 0.353 e. The Hall–Kier alpha value is -0.510. The summed E-state index contributed by atoms with van der Waals surface area (Å²) in [6, 6.07) is 10.6. The molecular formula is C16H22O2S. The molecule has 0 spiro atoms. The molecule has 3 rings (SSSR count). The SMILES string of the molecule is c1ccc(SCCC2(OC3CCCCO3)CC2)cc1. The van der Waals surface area contributed by atoms with Crippen LogP contribution < -0.4 is 0 Å². The third kappa shape index (κ3) is 3.98. The number of ether oxygens (including phenoxy) is 2. The van der Waals surface area contributed by atoms with E-state index < -0.39 is 0 Å². The van der Waals surface area contributed by atoms with Crippen LogP contribution in [-0.4, -0.2) is 24.3 Å². The molecule has 1 saturated carbocycles. The van der Waals surface area contributed by atoms with Gasteiger partial charge in [-0.1, -0.05) is 18.2 Å². The lowest BCUT2D eigenvalue weighted by atomic mass is 10.2. The Morgan fingerprint density at radius 2 is 2.05 bits per heavy atom. The normalized spacial score (nSPS) is 25.2. The van der Waals surface area contributed by atoms with Gasteiger partial charge in [0.05, 0.1) is 5.60 Å². The first kappa shape index (κ1) is 13.5. The molecule has 3 heteroatoms. The van der Waals surface area contributed by atoms with E-state index in [4.69, 9.17) is 9.47 Å². The van der Waals surface area contributed by atoms with Crippen molar-refractivity contribution in [3.8, 4) is 0 Å². The van der Waals surface area contributed by atoms with Gasteiger partial charge in [0.15, 0.2) is 6.29 Å². The molecule has 0 aromatic heterocycles. The van der Waals surface area contributed by atoms with Gasteiger partial charge >= 0.3 is 0 Å². The zero-order chi connectivity index (χ0) is 13.0. The van der Waals surface area contributed by atoms with Gasteiger partial charge in [0, 0.05) is 17.3 Å². The summed E-state index contributed by atoms with van der Waals surface area (Å²) in [5.41, 5.74) is 0.143. The molecule has 1 aliphatic carbocycles. The van der Waals surface area contributed by atoms with Crippen molar-refractivity contribution in [2.45, 2.75) is 55.3 Å². The van der Waals surface area contributed by atoms with Gasteiger partial charge < -0.3 is 9.47 Å². The average Bonchev–Trinajstić information content (AvgIpc) is 3.21. The topological polar surface area (TPSA) is 18.5 Å². The van der Waals surface area contributed by atoms with Crippen LogP contribution in [0, 0.1) is 0 Å². The van der Waals surface area contributed by atoms with Crippen LogP contribution in [-0.2, 0) is 9.47 Å². The Labute approximate surface area is 119 Å². The fourth-order valence-electron chi connectivity index (χ4n) is 2.52. The predicted octanol–water partition coefficient (Wildman–Crippen LogP) is 4.24. The minimum Gasteiger partial charge on any atom is -0.353 e. The van der Waals surface area contributed by atoms with Crippen LogP contribution >= 0.6 is 11.8 Å². The fourth-order valence-corrected chi connectivity index (χ4v) is 3.58. The summed E-state index contributed by atoms with van der Waals surface area (Å²) in [5, 5.41) is 0. The van der Waals surface area contributed by atoms with Crippen LogP contribution in [0.5, 0.6) is 0 Å². The van der Waals surface area contributed by atoms with Gasteiger partial charge in [-0.3, -0.25) is 0 Å². The molecule has 0 radical (unpaired) electrons. The van der Waals surface area contributed by atoms with Crippen molar-refractivity contribution in [3.63, 3.8) is 0 Å². The van der Waals surface area contributed by atoms with Crippen molar-refractivity contribution < 1.29 is 9.47 Å². The van der Waals surface area contributed by atoms with Crippen LogP contribution in [0.25, 0.3) is 0 Å². The number of rotatable bonds is 6. The lowest BCUT2D eigenvalue weighted by molar-refractivity contribution is -0.197. The van der Waals surface area contributed by atoms with E-state index in [-0.39, 0.29) is 11.9 Å². The maximum Gasteiger partial charge on any atom is 0.158 e. The standard InChI is InChI=1S/C16H22O2S/c1-2-6-14(7-3-1)19-13-11-16(9-10-16)18-15-8-4-5-12-17-15/h1-3,6-7,15H,4-5,8-13H2. The maximum atomic E-state index is 6.19. The summed E-state index contributed by atoms with van der Waals surface area (Å²) in [7, 11) is 0. The van der Waals surface area contributed by atoms with Gasteiger partial charge in [0.2, 0.25) is 0 Å². The molecule has 104 valence electrons. The lowest BCUT2D eigenvalue weighted by Crippen LogP contribution is -2.29. The summed E-state index contributed by atoms with van der Waals surface area (Å²) >= 11 is 1.93. The minimum absolute atomic E-state index is 0.0676. The van der Waals surface area contributed by atoms with E-state index in [0.29, 0.717) is 0 Å². The Bertz CT molecular complexity index is 383. The summed E-state index contributed by atoms with van der Waals surface area (Å²) in [6.45, 7) is 0.875. The van der Waals surface area contributed by atoms with Crippen LogP contribution in [0.15, 0.2) is 35.2 Å². The zero-order valence-corrected chi connectivity index (χ0v) is 12.2. The van der Waals surface area contributed by atoms with Gasteiger partial charge in [-0.15, -0.1) is 11.8 Å². The predicted molar refractivity (Wildman–Crippen MR) is 78.4 cm³/mol. The number of hydrogen-bond acceptors (Lipinski definition) is 3. The van der Waals surface area contributed by atoms with Crippen molar-refractivity contribution in [3.05, 3.63) is 30.3 Å². The molecular weight excluding hydrogens is 256 g/mol. The number of thioether (sulfide) groups is 1. The van der Waals surface area contributed by atoms with E-state index in [1.165, 1.54) is 30.6 Å². The highest BCUT2D eigenvalue weighted by molar-refractivity contribution is 7.99. The van der Waals surface area contributed by atoms with E-state index >= 15 is 0 Å². The van der Waals surface area contributed by atoms with Crippen LogP contribution in [0.3, 0.4) is 0 Å². The van der Waals surface area contributed by atoms with Crippen molar-refractivity contribution in [1.29, 1.82) is 0 Å². The van der Waals surface area contributed by atoms with Gasteiger partial charge in [-0.25, -0.2) is 0 Å². The number of hydrogen-bond donors (Lipinski definition) is 0. The molecule has 1 unspecified atom stereocenters. The van der Waals surface area contributed by atoms with Gasteiger partial charge in [-0.2, -0.15) is 0 Å². The molecule has 1 aromatic rings. The molecule has 1 atom stereocenters. The molecule has 0 N–H and O–H groups in total. The third-order valence-corrected chi connectivity index (χ3v) is 4.91. The lowest BCUT2D eigenvalue weighted by Gasteiger charge is -2.27. The summed E-state index contributed by atoms with van der Waals surface area (Å²) in [4.78, 5) is 1.35. The third-order valence-electron chi connectivity index (χ3n) is 3.90. The Morgan fingerprint density at radius 3 is 2.74 bits per heavy atom. The first-order valence-corrected chi connectivity index (χ1v) is 8.32. The fraction of sp³-hybridized carbons (Fsp3) is 0.625. The number of benzene rings is 1. The zero-order valence-electron chi connectivity index (χ0n) is 11.3. The highest BCUT2D eigenvalue weighted by atomic mass is 32.2. The van der Waals surface area contributed by atoms with Crippen LogP contribution in [0.2, 0.25) is 0 Å². The molecule has 2 nitrogen and oxygen atoms in total. The van der Waals surface area contributed by atoms with Crippen molar-refractivity contribution in [2.24, 2.45) is 0 Å².